The number of nitrogens with zero attached hydrogens (tertiary/aromatic N) is 2. The van der Waals surface area contributed by atoms with Crippen LogP contribution in [0.2, 0.25) is 0 Å². The van der Waals surface area contributed by atoms with Gasteiger partial charge in [-0.25, -0.2) is 0 Å². The highest BCUT2D eigenvalue weighted by Crippen LogP contribution is 2.34. The van der Waals surface area contributed by atoms with Crippen LogP contribution in [-0.2, 0) is 6.54 Å². The quantitative estimate of drug-likeness (QED) is 0.527. The lowest BCUT2D eigenvalue weighted by Gasteiger charge is -2.23. The normalized spacial score (nSPS) is 11.0. The van der Waals surface area contributed by atoms with Gasteiger partial charge >= 0.3 is 0 Å². The zero-order chi connectivity index (χ0) is 20.4. The monoisotopic (exact) mass is 387 g/mol. The summed E-state index contributed by atoms with van der Waals surface area (Å²) in [5, 5.41) is 3.34. The molecule has 1 N–H and O–H groups in total. The van der Waals surface area contributed by atoms with Crippen molar-refractivity contribution in [2.45, 2.75) is 6.54 Å². The van der Waals surface area contributed by atoms with Gasteiger partial charge in [0.05, 0.1) is 27.9 Å². The van der Waals surface area contributed by atoms with E-state index in [1.54, 1.807) is 28.4 Å². The lowest BCUT2D eigenvalue weighted by Crippen LogP contribution is -2.40. The molecular weight excluding hydrogens is 358 g/mol. The molecule has 2 aromatic rings. The predicted octanol–water partition coefficient (Wildman–Crippen LogP) is 2.80. The van der Waals surface area contributed by atoms with Crippen molar-refractivity contribution in [1.82, 2.24) is 10.2 Å². The number of ether oxygens (including phenoxy) is 4. The standard InChI is InChI=1S/C21H29N3O4/c1-22-21(24(2)11-12-28-17-9-7-6-8-10-17)23-15-16-13-19(26-4)20(27-5)14-18(16)25-3/h6-10,13-14H,11-12,15H2,1-5H3,(H,22,23). The molecule has 2 aromatic carbocycles. The summed E-state index contributed by atoms with van der Waals surface area (Å²) in [6.07, 6.45) is 0. The maximum absolute atomic E-state index is 5.75. The minimum atomic E-state index is 0.528. The maximum atomic E-state index is 5.75. The van der Waals surface area contributed by atoms with E-state index in [4.69, 9.17) is 18.9 Å². The van der Waals surface area contributed by atoms with Gasteiger partial charge in [-0.3, -0.25) is 4.99 Å². The van der Waals surface area contributed by atoms with Crippen LogP contribution in [0.1, 0.15) is 5.56 Å². The molecule has 0 amide bonds. The average Bonchev–Trinajstić information content (AvgIpc) is 2.74. The Morgan fingerprint density at radius 1 is 0.964 bits per heavy atom. The van der Waals surface area contributed by atoms with Crippen molar-refractivity contribution in [2.24, 2.45) is 4.99 Å². The van der Waals surface area contributed by atoms with Crippen molar-refractivity contribution in [1.29, 1.82) is 0 Å². The fourth-order valence-electron chi connectivity index (χ4n) is 2.71. The van der Waals surface area contributed by atoms with Gasteiger partial charge in [-0.2, -0.15) is 0 Å². The van der Waals surface area contributed by atoms with Crippen LogP contribution in [0.25, 0.3) is 0 Å². The summed E-state index contributed by atoms with van der Waals surface area (Å²) >= 11 is 0. The Morgan fingerprint density at radius 3 is 2.21 bits per heavy atom. The molecule has 0 spiro atoms. The molecule has 28 heavy (non-hydrogen) atoms. The van der Waals surface area contributed by atoms with Crippen LogP contribution in [0.3, 0.4) is 0 Å². The van der Waals surface area contributed by atoms with Crippen molar-refractivity contribution in [3.63, 3.8) is 0 Å². The van der Waals surface area contributed by atoms with Gasteiger partial charge in [0.1, 0.15) is 18.1 Å². The molecule has 0 unspecified atom stereocenters. The SMILES string of the molecule is CN=C(NCc1cc(OC)c(OC)cc1OC)N(C)CCOc1ccccc1. The van der Waals surface area contributed by atoms with Gasteiger partial charge in [-0.1, -0.05) is 18.2 Å². The molecule has 7 heteroatoms. The smallest absolute Gasteiger partial charge is 0.193 e. The third-order valence-corrected chi connectivity index (χ3v) is 4.24. The molecule has 0 saturated carbocycles. The van der Waals surface area contributed by atoms with Crippen LogP contribution in [0, 0.1) is 0 Å². The number of para-hydroxylation sites is 1. The second-order valence-electron chi connectivity index (χ2n) is 6.00. The number of hydrogen-bond donors (Lipinski definition) is 1. The van der Waals surface area contributed by atoms with Crippen LogP contribution in [0.4, 0.5) is 0 Å². The van der Waals surface area contributed by atoms with E-state index >= 15 is 0 Å². The zero-order valence-electron chi connectivity index (χ0n) is 17.2. The Kier molecular flexibility index (Phi) is 8.27. The molecule has 0 aliphatic heterocycles. The van der Waals surface area contributed by atoms with Gasteiger partial charge in [0.2, 0.25) is 0 Å². The Hall–Kier alpha value is -3.09. The van der Waals surface area contributed by atoms with Crippen molar-refractivity contribution >= 4 is 5.96 Å². The first kappa shape index (κ1) is 21.2. The molecule has 0 aliphatic rings. The first-order valence-corrected chi connectivity index (χ1v) is 9.01. The first-order valence-electron chi connectivity index (χ1n) is 9.01. The predicted molar refractivity (Wildman–Crippen MR) is 111 cm³/mol. The Morgan fingerprint density at radius 2 is 1.61 bits per heavy atom. The molecule has 0 saturated heterocycles. The minimum absolute atomic E-state index is 0.528. The van der Waals surface area contributed by atoms with Gasteiger partial charge in [-0.15, -0.1) is 0 Å². The number of nitrogens with one attached hydrogen (secondary N) is 1. The first-order chi connectivity index (χ1) is 13.6. The fraction of sp³-hybridized carbons (Fsp3) is 0.381. The van der Waals surface area contributed by atoms with E-state index in [0.29, 0.717) is 31.2 Å². The third kappa shape index (κ3) is 5.70. The Balaban J connectivity index is 1.95. The number of methoxy groups -OCH3 is 3. The molecule has 0 aliphatic carbocycles. The van der Waals surface area contributed by atoms with E-state index in [2.05, 4.69) is 10.3 Å². The van der Waals surface area contributed by atoms with Crippen LogP contribution < -0.4 is 24.3 Å². The third-order valence-electron chi connectivity index (χ3n) is 4.24. The molecule has 7 nitrogen and oxygen atoms in total. The van der Waals surface area contributed by atoms with Crippen molar-refractivity contribution in [3.05, 3.63) is 48.0 Å². The summed E-state index contributed by atoms with van der Waals surface area (Å²) in [5.74, 6) is 3.61. The van der Waals surface area contributed by atoms with E-state index < -0.39 is 0 Å². The van der Waals surface area contributed by atoms with Gasteiger partial charge in [-0.05, 0) is 18.2 Å². The van der Waals surface area contributed by atoms with Crippen LogP contribution >= 0.6 is 0 Å². The van der Waals surface area contributed by atoms with E-state index in [0.717, 1.165) is 23.0 Å². The summed E-state index contributed by atoms with van der Waals surface area (Å²) in [5.41, 5.74) is 0.940. The lowest BCUT2D eigenvalue weighted by atomic mass is 10.1. The summed E-state index contributed by atoms with van der Waals surface area (Å²) in [4.78, 5) is 6.35. The molecule has 0 atom stereocenters. The van der Waals surface area contributed by atoms with Gasteiger partial charge in [0.25, 0.3) is 0 Å². The molecule has 0 fully saturated rings. The molecule has 0 aromatic heterocycles. The number of benzene rings is 2. The van der Waals surface area contributed by atoms with E-state index in [-0.39, 0.29) is 0 Å². The topological polar surface area (TPSA) is 64.6 Å². The van der Waals surface area contributed by atoms with Crippen LogP contribution in [0.15, 0.2) is 47.5 Å². The number of likely N-dealkylation sites (N-methyl/N-ethyl adjacent to an activating group) is 1. The summed E-state index contributed by atoms with van der Waals surface area (Å²) in [6.45, 7) is 1.78. The minimum Gasteiger partial charge on any atom is -0.496 e. The van der Waals surface area contributed by atoms with E-state index in [1.807, 2.05) is 54.4 Å². The molecule has 152 valence electrons. The van der Waals surface area contributed by atoms with Crippen LogP contribution in [-0.4, -0.2) is 59.4 Å². The zero-order valence-corrected chi connectivity index (χ0v) is 17.2. The largest absolute Gasteiger partial charge is 0.496 e. The highest BCUT2D eigenvalue weighted by molar-refractivity contribution is 5.79. The number of rotatable bonds is 9. The lowest BCUT2D eigenvalue weighted by molar-refractivity contribution is 0.281. The van der Waals surface area contributed by atoms with Gasteiger partial charge < -0.3 is 29.2 Å². The fourth-order valence-corrected chi connectivity index (χ4v) is 2.71. The molecule has 0 heterocycles. The molecular formula is C21H29N3O4. The van der Waals surface area contributed by atoms with Gasteiger partial charge in [0.15, 0.2) is 17.5 Å². The highest BCUT2D eigenvalue weighted by atomic mass is 16.5. The second kappa shape index (κ2) is 10.9. The summed E-state index contributed by atoms with van der Waals surface area (Å²) in [7, 11) is 8.56. The van der Waals surface area contributed by atoms with E-state index in [1.165, 1.54) is 0 Å². The summed E-state index contributed by atoms with van der Waals surface area (Å²) < 4.78 is 21.9. The van der Waals surface area contributed by atoms with Crippen molar-refractivity contribution in [3.8, 4) is 23.0 Å². The molecule has 0 bridgehead atoms. The number of aliphatic imine (C=N–C) groups is 1. The number of guanidine groups is 1. The van der Waals surface area contributed by atoms with Crippen molar-refractivity contribution in [2.75, 3.05) is 48.6 Å². The Labute approximate surface area is 166 Å². The Bertz CT molecular complexity index is 766. The number of hydrogen-bond acceptors (Lipinski definition) is 5. The van der Waals surface area contributed by atoms with Gasteiger partial charge in [0, 0.05) is 32.3 Å². The second-order valence-corrected chi connectivity index (χ2v) is 6.00. The van der Waals surface area contributed by atoms with Crippen molar-refractivity contribution < 1.29 is 18.9 Å². The van der Waals surface area contributed by atoms with E-state index in [9.17, 15) is 0 Å². The molecule has 0 radical (unpaired) electrons. The van der Waals surface area contributed by atoms with Crippen LogP contribution in [0.5, 0.6) is 23.0 Å². The molecule has 2 rings (SSSR count). The average molecular weight is 387 g/mol. The summed E-state index contributed by atoms with van der Waals surface area (Å²) in [6, 6.07) is 13.5. The maximum Gasteiger partial charge on any atom is 0.193 e. The highest BCUT2D eigenvalue weighted by Gasteiger charge is 2.13.